The first-order chi connectivity index (χ1) is 12.3. The van der Waals surface area contributed by atoms with Crippen molar-refractivity contribution < 1.29 is 13.9 Å². The number of hydrogen-bond donors (Lipinski definition) is 0. The maximum atomic E-state index is 12.6. The summed E-state index contributed by atoms with van der Waals surface area (Å²) in [6.07, 6.45) is 2.70. The van der Waals surface area contributed by atoms with Crippen LogP contribution in [0.25, 0.3) is 22.5 Å². The Bertz CT molecular complexity index is 832. The molecule has 3 nitrogen and oxygen atoms in total. The van der Waals surface area contributed by atoms with Crippen LogP contribution in [0.5, 0.6) is 0 Å². The molecule has 1 heterocycles. The average molecular weight is 334 g/mol. The summed E-state index contributed by atoms with van der Waals surface area (Å²) in [5.41, 5.74) is 3.26. The zero-order valence-electron chi connectivity index (χ0n) is 14.6. The number of ether oxygens (including phenoxy) is 1. The summed E-state index contributed by atoms with van der Waals surface area (Å²) >= 11 is 0. The molecule has 3 aromatic rings. The van der Waals surface area contributed by atoms with Crippen molar-refractivity contribution in [2.75, 3.05) is 7.11 Å². The number of aryl methyl sites for hydroxylation is 1. The van der Waals surface area contributed by atoms with Crippen LogP contribution in [0.15, 0.2) is 65.1 Å². The zero-order valence-corrected chi connectivity index (χ0v) is 14.6. The van der Waals surface area contributed by atoms with Crippen LogP contribution in [-0.4, -0.2) is 13.1 Å². The molecule has 0 atom stereocenters. The van der Waals surface area contributed by atoms with E-state index in [-0.39, 0.29) is 5.97 Å². The van der Waals surface area contributed by atoms with Crippen LogP contribution in [0.4, 0.5) is 0 Å². The molecule has 128 valence electrons. The van der Waals surface area contributed by atoms with Gasteiger partial charge < -0.3 is 9.15 Å². The topological polar surface area (TPSA) is 39.4 Å². The van der Waals surface area contributed by atoms with Gasteiger partial charge in [0.15, 0.2) is 0 Å². The molecule has 0 aliphatic carbocycles. The molecule has 0 saturated carbocycles. The minimum absolute atomic E-state index is 0.351. The van der Waals surface area contributed by atoms with Crippen LogP contribution < -0.4 is 0 Å². The predicted molar refractivity (Wildman–Crippen MR) is 99.5 cm³/mol. The van der Waals surface area contributed by atoms with Gasteiger partial charge in [-0.2, -0.15) is 0 Å². The maximum Gasteiger partial charge on any atom is 0.342 e. The van der Waals surface area contributed by atoms with E-state index < -0.39 is 0 Å². The largest absolute Gasteiger partial charge is 0.465 e. The summed E-state index contributed by atoms with van der Waals surface area (Å²) < 4.78 is 11.3. The molecule has 0 amide bonds. The lowest BCUT2D eigenvalue weighted by molar-refractivity contribution is 0.0599. The third-order valence-electron chi connectivity index (χ3n) is 4.23. The highest BCUT2D eigenvalue weighted by Crippen LogP contribution is 2.40. The fourth-order valence-electron chi connectivity index (χ4n) is 2.98. The third kappa shape index (κ3) is 3.50. The highest BCUT2D eigenvalue weighted by Gasteiger charge is 2.27. The highest BCUT2D eigenvalue weighted by molar-refractivity contribution is 6.02. The Morgan fingerprint density at radius 2 is 1.56 bits per heavy atom. The number of benzene rings is 2. The van der Waals surface area contributed by atoms with Crippen LogP contribution in [-0.2, 0) is 11.2 Å². The van der Waals surface area contributed by atoms with Gasteiger partial charge in [-0.25, -0.2) is 4.79 Å². The molecule has 2 aromatic carbocycles. The van der Waals surface area contributed by atoms with Crippen LogP contribution in [0, 0.1) is 0 Å². The summed E-state index contributed by atoms with van der Waals surface area (Å²) in [6.45, 7) is 2.12. The van der Waals surface area contributed by atoms with Gasteiger partial charge in [0.1, 0.15) is 17.1 Å². The van der Waals surface area contributed by atoms with Gasteiger partial charge in [-0.15, -0.1) is 0 Å². The van der Waals surface area contributed by atoms with E-state index in [0.717, 1.165) is 35.3 Å². The Labute approximate surface area is 148 Å². The van der Waals surface area contributed by atoms with E-state index in [0.29, 0.717) is 17.7 Å². The van der Waals surface area contributed by atoms with Crippen molar-refractivity contribution in [1.29, 1.82) is 0 Å². The van der Waals surface area contributed by atoms with Gasteiger partial charge >= 0.3 is 5.97 Å². The molecule has 25 heavy (non-hydrogen) atoms. The van der Waals surface area contributed by atoms with Crippen molar-refractivity contribution in [2.24, 2.45) is 0 Å². The van der Waals surface area contributed by atoms with Gasteiger partial charge in [-0.3, -0.25) is 0 Å². The molecule has 3 rings (SSSR count). The molecule has 0 N–H and O–H groups in total. The second kappa shape index (κ2) is 7.84. The number of unbranched alkanes of at least 4 members (excludes halogenated alkanes) is 1. The van der Waals surface area contributed by atoms with Gasteiger partial charge in [-0.05, 0) is 12.0 Å². The molecule has 0 aliphatic heterocycles. The van der Waals surface area contributed by atoms with Gasteiger partial charge in [0, 0.05) is 17.5 Å². The lowest BCUT2D eigenvalue weighted by Crippen LogP contribution is -2.05. The number of esters is 1. The lowest BCUT2D eigenvalue weighted by atomic mass is 9.96. The fourth-order valence-corrected chi connectivity index (χ4v) is 2.98. The molecule has 0 radical (unpaired) electrons. The smallest absolute Gasteiger partial charge is 0.342 e. The molecular formula is C22H22O3. The van der Waals surface area contributed by atoms with Crippen molar-refractivity contribution in [3.05, 3.63) is 72.0 Å². The van der Waals surface area contributed by atoms with E-state index in [4.69, 9.17) is 9.15 Å². The maximum absolute atomic E-state index is 12.6. The van der Waals surface area contributed by atoms with Crippen molar-refractivity contribution >= 4 is 5.97 Å². The Kier molecular flexibility index (Phi) is 5.34. The summed E-state index contributed by atoms with van der Waals surface area (Å²) in [4.78, 5) is 12.6. The molecule has 0 saturated heterocycles. The SMILES string of the molecule is CCCCc1oc(-c2ccccc2)c(-c2ccccc2)c1C(=O)OC. The van der Waals surface area contributed by atoms with Crippen molar-refractivity contribution in [3.63, 3.8) is 0 Å². The summed E-state index contributed by atoms with van der Waals surface area (Å²) in [5.74, 6) is 1.07. The van der Waals surface area contributed by atoms with Crippen molar-refractivity contribution in [2.45, 2.75) is 26.2 Å². The molecule has 0 bridgehead atoms. The molecule has 0 spiro atoms. The number of rotatable bonds is 6. The molecule has 0 unspecified atom stereocenters. The number of carbonyl (C=O) groups is 1. The van der Waals surface area contributed by atoms with Gasteiger partial charge in [0.25, 0.3) is 0 Å². The lowest BCUT2D eigenvalue weighted by Gasteiger charge is -2.06. The van der Waals surface area contributed by atoms with Gasteiger partial charge in [-0.1, -0.05) is 74.0 Å². The van der Waals surface area contributed by atoms with Gasteiger partial charge in [0.05, 0.1) is 7.11 Å². The standard InChI is InChI=1S/C22H22O3/c1-3-4-15-18-20(22(23)24-2)19(16-11-7-5-8-12-16)21(25-18)17-13-9-6-10-14-17/h5-14H,3-4,15H2,1-2H3. The third-order valence-corrected chi connectivity index (χ3v) is 4.23. The molecule has 0 aliphatic rings. The van der Waals surface area contributed by atoms with Crippen molar-refractivity contribution in [3.8, 4) is 22.5 Å². The second-order valence-electron chi connectivity index (χ2n) is 5.93. The Balaban J connectivity index is 2.26. The first-order valence-corrected chi connectivity index (χ1v) is 8.61. The zero-order chi connectivity index (χ0) is 17.6. The average Bonchev–Trinajstić information content (AvgIpc) is 3.06. The second-order valence-corrected chi connectivity index (χ2v) is 5.93. The monoisotopic (exact) mass is 334 g/mol. The Hall–Kier alpha value is -2.81. The Morgan fingerprint density at radius 3 is 2.12 bits per heavy atom. The first kappa shape index (κ1) is 17.0. The van der Waals surface area contributed by atoms with Gasteiger partial charge in [0.2, 0.25) is 0 Å². The van der Waals surface area contributed by atoms with Crippen molar-refractivity contribution in [1.82, 2.24) is 0 Å². The van der Waals surface area contributed by atoms with Crippen LogP contribution in [0.2, 0.25) is 0 Å². The normalized spacial score (nSPS) is 10.6. The number of carbonyl (C=O) groups excluding carboxylic acids is 1. The Morgan fingerprint density at radius 1 is 0.960 bits per heavy atom. The number of hydrogen-bond acceptors (Lipinski definition) is 3. The number of methoxy groups -OCH3 is 1. The summed E-state index contributed by atoms with van der Waals surface area (Å²) in [6, 6.07) is 19.8. The minimum atomic E-state index is -0.351. The molecule has 1 aromatic heterocycles. The van der Waals surface area contributed by atoms with E-state index >= 15 is 0 Å². The van der Waals surface area contributed by atoms with E-state index in [1.165, 1.54) is 7.11 Å². The van der Waals surface area contributed by atoms with E-state index in [9.17, 15) is 4.79 Å². The molecule has 3 heteroatoms. The minimum Gasteiger partial charge on any atom is -0.465 e. The van der Waals surface area contributed by atoms with E-state index in [1.54, 1.807) is 0 Å². The highest BCUT2D eigenvalue weighted by atomic mass is 16.5. The fraction of sp³-hybridized carbons (Fsp3) is 0.227. The quantitative estimate of drug-likeness (QED) is 0.539. The summed E-state index contributed by atoms with van der Waals surface area (Å²) in [5, 5.41) is 0. The summed E-state index contributed by atoms with van der Waals surface area (Å²) in [7, 11) is 1.41. The van der Waals surface area contributed by atoms with Crippen LogP contribution >= 0.6 is 0 Å². The van der Waals surface area contributed by atoms with E-state index in [2.05, 4.69) is 6.92 Å². The number of furan rings is 1. The first-order valence-electron chi connectivity index (χ1n) is 8.61. The van der Waals surface area contributed by atoms with Crippen LogP contribution in [0.1, 0.15) is 35.9 Å². The molecule has 0 fully saturated rings. The molecular weight excluding hydrogens is 312 g/mol. The predicted octanol–water partition coefficient (Wildman–Crippen LogP) is 5.74. The van der Waals surface area contributed by atoms with Crippen LogP contribution in [0.3, 0.4) is 0 Å². The van der Waals surface area contributed by atoms with E-state index in [1.807, 2.05) is 60.7 Å².